The number of rotatable bonds is 4. The first-order chi connectivity index (χ1) is 11.3. The molecule has 3 rings (SSSR count). The number of guanidine groups is 1. The lowest BCUT2D eigenvalue weighted by Gasteiger charge is -2.36. The van der Waals surface area contributed by atoms with Crippen molar-refractivity contribution in [2.75, 3.05) is 43.9 Å². The highest BCUT2D eigenvalue weighted by molar-refractivity contribution is 7.92. The Morgan fingerprint density at radius 3 is 2.29 bits per heavy atom. The Labute approximate surface area is 148 Å². The minimum atomic E-state index is -3.07. The molecular weight excluding hydrogens is 348 g/mol. The van der Waals surface area contributed by atoms with Crippen molar-refractivity contribution < 1.29 is 8.42 Å². The van der Waals surface area contributed by atoms with Gasteiger partial charge in [-0.15, -0.1) is 0 Å². The number of benzene rings is 1. The number of piperazine rings is 1. The first-order valence-electron chi connectivity index (χ1n) is 8.06. The van der Waals surface area contributed by atoms with Gasteiger partial charge in [0.05, 0.1) is 11.3 Å². The Hall–Kier alpha value is -1.47. The summed E-state index contributed by atoms with van der Waals surface area (Å²) in [5, 5.41) is 0.730. The van der Waals surface area contributed by atoms with Crippen LogP contribution in [-0.4, -0.2) is 63.0 Å². The Morgan fingerprint density at radius 2 is 1.79 bits per heavy atom. The monoisotopic (exact) mass is 370 g/mol. The maximum atomic E-state index is 11.8. The molecule has 2 fully saturated rings. The van der Waals surface area contributed by atoms with Gasteiger partial charge in [0.1, 0.15) is 0 Å². The first kappa shape index (κ1) is 17.4. The molecule has 1 aliphatic carbocycles. The fourth-order valence-corrected chi connectivity index (χ4v) is 4.23. The summed E-state index contributed by atoms with van der Waals surface area (Å²) in [4.78, 5) is 8.66. The lowest BCUT2D eigenvalue weighted by molar-refractivity contribution is 0.380. The van der Waals surface area contributed by atoms with Crippen LogP contribution in [0.5, 0.6) is 0 Å². The minimum absolute atomic E-state index is 0.273. The van der Waals surface area contributed by atoms with Crippen LogP contribution in [0.25, 0.3) is 0 Å². The summed E-state index contributed by atoms with van der Waals surface area (Å²) in [6, 6.07) is 7.80. The predicted octanol–water partition coefficient (Wildman–Crippen LogP) is 1.35. The predicted molar refractivity (Wildman–Crippen MR) is 98.5 cm³/mol. The molecule has 2 N–H and O–H groups in total. The van der Waals surface area contributed by atoms with Gasteiger partial charge in [-0.25, -0.2) is 8.42 Å². The van der Waals surface area contributed by atoms with Crippen LogP contribution in [0.1, 0.15) is 12.8 Å². The van der Waals surface area contributed by atoms with Crippen LogP contribution in [0, 0.1) is 0 Å². The lowest BCUT2D eigenvalue weighted by Crippen LogP contribution is -2.51. The highest BCUT2D eigenvalue weighted by atomic mass is 35.5. The average Bonchev–Trinajstić information content (AvgIpc) is 3.35. The zero-order chi connectivity index (χ0) is 17.4. The highest BCUT2D eigenvalue weighted by Crippen LogP contribution is 2.43. The summed E-state index contributed by atoms with van der Waals surface area (Å²) in [5.74, 6) is 0.445. The number of halogens is 1. The molecule has 0 spiro atoms. The fraction of sp³-hybridized carbons (Fsp3) is 0.562. The van der Waals surface area contributed by atoms with E-state index >= 15 is 0 Å². The number of hydrogen-bond donors (Lipinski definition) is 1. The average molecular weight is 371 g/mol. The molecule has 0 aromatic heterocycles. The van der Waals surface area contributed by atoms with E-state index in [1.165, 1.54) is 6.26 Å². The van der Waals surface area contributed by atoms with Crippen molar-refractivity contribution in [3.63, 3.8) is 0 Å². The summed E-state index contributed by atoms with van der Waals surface area (Å²) in [7, 11) is -3.07. The van der Waals surface area contributed by atoms with Crippen molar-refractivity contribution in [3.05, 3.63) is 29.3 Å². The second kappa shape index (κ2) is 6.44. The third kappa shape index (κ3) is 3.62. The van der Waals surface area contributed by atoms with Gasteiger partial charge in [0.2, 0.25) is 0 Å². The molecule has 0 atom stereocenters. The number of anilines is 1. The molecule has 1 aromatic rings. The van der Waals surface area contributed by atoms with Gasteiger partial charge >= 0.3 is 0 Å². The topological polar surface area (TPSA) is 79.0 Å². The van der Waals surface area contributed by atoms with Gasteiger partial charge in [-0.2, -0.15) is 0 Å². The Kier molecular flexibility index (Phi) is 4.66. The van der Waals surface area contributed by atoms with Crippen LogP contribution in [0.4, 0.5) is 5.69 Å². The second-order valence-corrected chi connectivity index (χ2v) is 9.43. The maximum Gasteiger partial charge on any atom is 0.191 e. The zero-order valence-electron chi connectivity index (χ0n) is 13.8. The van der Waals surface area contributed by atoms with E-state index in [-0.39, 0.29) is 6.54 Å². The van der Waals surface area contributed by atoms with Crippen molar-refractivity contribution in [2.45, 2.75) is 17.6 Å². The van der Waals surface area contributed by atoms with Crippen molar-refractivity contribution in [3.8, 4) is 0 Å². The molecule has 24 heavy (non-hydrogen) atoms. The zero-order valence-corrected chi connectivity index (χ0v) is 15.4. The third-order valence-corrected chi connectivity index (χ3v) is 7.28. The first-order valence-corrected chi connectivity index (χ1v) is 10.3. The maximum absolute atomic E-state index is 11.8. The fourth-order valence-electron chi connectivity index (χ4n) is 2.96. The van der Waals surface area contributed by atoms with Crippen LogP contribution in [0.15, 0.2) is 29.3 Å². The van der Waals surface area contributed by atoms with Crippen molar-refractivity contribution in [2.24, 2.45) is 10.7 Å². The van der Waals surface area contributed by atoms with E-state index in [2.05, 4.69) is 9.89 Å². The van der Waals surface area contributed by atoms with E-state index in [0.29, 0.717) is 18.8 Å². The molecule has 6 nitrogen and oxygen atoms in total. The smallest absolute Gasteiger partial charge is 0.191 e. The Balaban J connectivity index is 1.56. The van der Waals surface area contributed by atoms with Gasteiger partial charge < -0.3 is 15.5 Å². The number of sulfone groups is 1. The minimum Gasteiger partial charge on any atom is -0.370 e. The second-order valence-electron chi connectivity index (χ2n) is 6.58. The van der Waals surface area contributed by atoms with Gasteiger partial charge in [-0.05, 0) is 37.1 Å². The molecule has 1 saturated carbocycles. The lowest BCUT2D eigenvalue weighted by atomic mass is 10.2. The molecule has 0 amide bonds. The van der Waals surface area contributed by atoms with E-state index < -0.39 is 14.6 Å². The molecule has 0 unspecified atom stereocenters. The number of hydrogen-bond acceptors (Lipinski definition) is 4. The highest BCUT2D eigenvalue weighted by Gasteiger charge is 2.52. The Morgan fingerprint density at radius 1 is 1.21 bits per heavy atom. The third-order valence-electron chi connectivity index (χ3n) is 4.92. The molecule has 132 valence electrons. The van der Waals surface area contributed by atoms with Crippen LogP contribution < -0.4 is 10.6 Å². The molecule has 1 saturated heterocycles. The quantitative estimate of drug-likeness (QED) is 0.639. The van der Waals surface area contributed by atoms with Crippen molar-refractivity contribution >= 4 is 33.1 Å². The molecule has 0 bridgehead atoms. The Bertz CT molecular complexity index is 721. The van der Waals surface area contributed by atoms with E-state index in [4.69, 9.17) is 17.3 Å². The largest absolute Gasteiger partial charge is 0.370 e. The molecule has 1 heterocycles. The number of nitrogens with two attached hydrogens (primary N) is 1. The van der Waals surface area contributed by atoms with E-state index in [9.17, 15) is 8.42 Å². The molecule has 2 aliphatic rings. The normalized spacial score (nSPS) is 21.0. The summed E-state index contributed by atoms with van der Waals surface area (Å²) < 4.78 is 22.9. The molecule has 0 radical (unpaired) electrons. The van der Waals surface area contributed by atoms with Crippen LogP contribution in [0.3, 0.4) is 0 Å². The van der Waals surface area contributed by atoms with E-state index in [1.54, 1.807) is 0 Å². The van der Waals surface area contributed by atoms with Gasteiger partial charge in [0.15, 0.2) is 15.8 Å². The van der Waals surface area contributed by atoms with Crippen LogP contribution >= 0.6 is 11.6 Å². The molecule has 1 aliphatic heterocycles. The standard InChI is InChI=1S/C16H23ClN4O2S/c1-24(22,23)16(6-7-16)12-19-15(18)21-10-8-20(9-11-21)14-4-2-13(17)3-5-14/h2-5H,6-12H2,1H3,(H2,18,19). The summed E-state index contributed by atoms with van der Waals surface area (Å²) in [6.45, 7) is 3.49. The van der Waals surface area contributed by atoms with Gasteiger partial charge in [0, 0.05) is 43.1 Å². The van der Waals surface area contributed by atoms with Crippen LogP contribution in [0.2, 0.25) is 5.02 Å². The molecule has 8 heteroatoms. The summed E-state index contributed by atoms with van der Waals surface area (Å²) >= 11 is 5.92. The van der Waals surface area contributed by atoms with Crippen LogP contribution in [-0.2, 0) is 9.84 Å². The van der Waals surface area contributed by atoms with Gasteiger partial charge in [0.25, 0.3) is 0 Å². The molecular formula is C16H23ClN4O2S. The van der Waals surface area contributed by atoms with E-state index in [1.807, 2.05) is 29.2 Å². The summed E-state index contributed by atoms with van der Waals surface area (Å²) in [5.41, 5.74) is 7.22. The SMILES string of the molecule is CS(=O)(=O)C1(CN=C(N)N2CCN(c3ccc(Cl)cc3)CC2)CC1. The van der Waals surface area contributed by atoms with Gasteiger partial charge in [-0.3, -0.25) is 4.99 Å². The van der Waals surface area contributed by atoms with E-state index in [0.717, 1.165) is 36.9 Å². The van der Waals surface area contributed by atoms with Crippen molar-refractivity contribution in [1.82, 2.24) is 4.90 Å². The number of aliphatic imine (C=N–C) groups is 1. The number of nitrogens with zero attached hydrogens (tertiary/aromatic N) is 3. The van der Waals surface area contributed by atoms with Gasteiger partial charge in [-0.1, -0.05) is 11.6 Å². The van der Waals surface area contributed by atoms with Crippen molar-refractivity contribution in [1.29, 1.82) is 0 Å². The summed E-state index contributed by atoms with van der Waals surface area (Å²) in [6.07, 6.45) is 2.66. The molecule has 1 aromatic carbocycles.